The van der Waals surface area contributed by atoms with Crippen molar-refractivity contribution >= 4 is 34.7 Å². The molecule has 0 bridgehead atoms. The number of hydrogen-bond donors (Lipinski definition) is 1. The van der Waals surface area contributed by atoms with E-state index in [1.807, 2.05) is 0 Å². The third-order valence-electron chi connectivity index (χ3n) is 5.16. The van der Waals surface area contributed by atoms with Crippen LogP contribution in [0, 0.1) is 26.1 Å². The van der Waals surface area contributed by atoms with E-state index in [1.165, 1.54) is 11.8 Å². The number of ether oxygens (including phenoxy) is 1. The van der Waals surface area contributed by atoms with Crippen LogP contribution in [-0.4, -0.2) is 82.2 Å². The van der Waals surface area contributed by atoms with Gasteiger partial charge in [-0.3, -0.25) is 14.4 Å². The molecule has 0 aromatic carbocycles. The number of thioether (sulfide) groups is 1. The molecule has 1 saturated heterocycles. The van der Waals surface area contributed by atoms with Gasteiger partial charge in [0.2, 0.25) is 16.9 Å². The maximum atomic E-state index is 12.9. The van der Waals surface area contributed by atoms with Crippen LogP contribution in [0.4, 0.5) is 0 Å². The zero-order valence-corrected chi connectivity index (χ0v) is 21.1. The third-order valence-corrected chi connectivity index (χ3v) is 6.47. The quantitative estimate of drug-likeness (QED) is 0.119. The third kappa shape index (κ3) is 12.0. The lowest BCUT2D eigenvalue weighted by molar-refractivity contribution is -0.757. The Bertz CT molecular complexity index is 798. The van der Waals surface area contributed by atoms with Crippen molar-refractivity contribution in [2.24, 2.45) is 5.92 Å². The number of nitrogens with zero attached hydrogens (tertiary/aromatic N) is 3. The van der Waals surface area contributed by atoms with Crippen molar-refractivity contribution in [1.82, 2.24) is 10.2 Å². The van der Waals surface area contributed by atoms with Crippen molar-refractivity contribution in [3.05, 3.63) is 20.2 Å². The second-order valence-electron chi connectivity index (χ2n) is 8.10. The maximum absolute atomic E-state index is 12.9. The van der Waals surface area contributed by atoms with Crippen LogP contribution in [-0.2, 0) is 33.6 Å². The number of carbonyl (C=O) groups is 4. The molecule has 0 aromatic heterocycles. The van der Waals surface area contributed by atoms with Gasteiger partial charge in [-0.15, -0.1) is 20.2 Å². The fraction of sp³-hybridized carbons (Fsp3) is 0.800. The number of amides is 2. The molecule has 1 aliphatic heterocycles. The number of carbonyl (C=O) groups excluding carboxylic acids is 4. The van der Waals surface area contributed by atoms with Gasteiger partial charge in [-0.05, 0) is 32.6 Å². The summed E-state index contributed by atoms with van der Waals surface area (Å²) in [5.74, 6) is -1.65. The molecule has 2 amide bonds. The fourth-order valence-corrected chi connectivity index (χ4v) is 4.19. The number of nitrogens with one attached hydrogen (secondary N) is 1. The van der Waals surface area contributed by atoms with Gasteiger partial charge in [0.05, 0.1) is 25.9 Å². The Morgan fingerprint density at radius 2 is 1.67 bits per heavy atom. The maximum Gasteiger partial charge on any atom is 0.328 e. The van der Waals surface area contributed by atoms with Gasteiger partial charge in [-0.25, -0.2) is 4.79 Å². The Morgan fingerprint density at radius 1 is 1.03 bits per heavy atom. The zero-order chi connectivity index (χ0) is 27.1. The minimum atomic E-state index is -0.932. The van der Waals surface area contributed by atoms with Crippen molar-refractivity contribution in [1.29, 1.82) is 0 Å². The number of rotatable bonds is 17. The average molecular weight is 537 g/mol. The van der Waals surface area contributed by atoms with Crippen molar-refractivity contribution in [2.75, 3.05) is 32.1 Å². The Balaban J connectivity index is 2.37. The Hall–Kier alpha value is -3.17. The lowest BCUT2D eigenvalue weighted by atomic mass is 10.1. The number of hydrogen-bond acceptors (Lipinski definition) is 12. The van der Waals surface area contributed by atoms with Crippen LogP contribution in [0.15, 0.2) is 0 Å². The van der Waals surface area contributed by atoms with Crippen LogP contribution < -0.4 is 5.32 Å². The van der Waals surface area contributed by atoms with Crippen LogP contribution in [0.3, 0.4) is 0 Å². The molecule has 0 saturated carbocycles. The van der Waals surface area contributed by atoms with Crippen molar-refractivity contribution < 1.29 is 43.8 Å². The van der Waals surface area contributed by atoms with Crippen LogP contribution in [0.25, 0.3) is 0 Å². The summed E-state index contributed by atoms with van der Waals surface area (Å²) in [7, 11) is 0. The first-order valence-corrected chi connectivity index (χ1v) is 12.5. The lowest BCUT2D eigenvalue weighted by Crippen LogP contribution is -2.44. The zero-order valence-electron chi connectivity index (χ0n) is 20.3. The minimum absolute atomic E-state index is 0.0681. The van der Waals surface area contributed by atoms with Gasteiger partial charge in [0.1, 0.15) is 6.04 Å². The summed E-state index contributed by atoms with van der Waals surface area (Å²) in [4.78, 5) is 79.4. The smallest absolute Gasteiger partial charge is 0.328 e. The Kier molecular flexibility index (Phi) is 14.1. The largest absolute Gasteiger partial charge is 0.464 e. The standard InChI is InChI=1S/C20H32N4O11S/c1-14(13-36-20(28)15(2)21-17(25)8-3-4-11-34-23(29)30)18(26)22-9-5-7-16(22)19(27)33-10-6-12-35-24(31)32/h14-16H,3-13H2,1-2H3,(H,21,25)/t14-,15?,16+/m1/s1. The second-order valence-corrected chi connectivity index (χ2v) is 9.13. The monoisotopic (exact) mass is 536 g/mol. The molecule has 1 fully saturated rings. The van der Waals surface area contributed by atoms with Gasteiger partial charge < -0.3 is 24.6 Å². The van der Waals surface area contributed by atoms with Gasteiger partial charge in [0.25, 0.3) is 10.2 Å². The van der Waals surface area contributed by atoms with Gasteiger partial charge >= 0.3 is 5.97 Å². The molecule has 204 valence electrons. The number of unbranched alkanes of at least 4 members (excludes halogenated alkanes) is 1. The molecular formula is C20H32N4O11S. The predicted octanol–water partition coefficient (Wildman–Crippen LogP) is 0.898. The fourth-order valence-electron chi connectivity index (χ4n) is 3.33. The highest BCUT2D eigenvalue weighted by molar-refractivity contribution is 8.13. The van der Waals surface area contributed by atoms with Crippen molar-refractivity contribution in [3.8, 4) is 0 Å². The second kappa shape index (κ2) is 16.5. The number of likely N-dealkylation sites (tertiary alicyclic amines) is 1. The summed E-state index contributed by atoms with van der Waals surface area (Å²) in [5.41, 5.74) is 0. The molecule has 1 rings (SSSR count). The predicted molar refractivity (Wildman–Crippen MR) is 124 cm³/mol. The Morgan fingerprint density at radius 3 is 2.31 bits per heavy atom. The summed E-state index contributed by atoms with van der Waals surface area (Å²) in [6.07, 6.45) is 1.99. The highest BCUT2D eigenvalue weighted by Crippen LogP contribution is 2.23. The molecule has 1 N–H and O–H groups in total. The molecule has 3 atom stereocenters. The molecule has 1 heterocycles. The first-order valence-electron chi connectivity index (χ1n) is 11.5. The normalized spacial score (nSPS) is 16.5. The van der Waals surface area contributed by atoms with Crippen LogP contribution >= 0.6 is 11.8 Å². The highest BCUT2D eigenvalue weighted by atomic mass is 32.2. The average Bonchev–Trinajstić information content (AvgIpc) is 3.30. The lowest BCUT2D eigenvalue weighted by Gasteiger charge is -2.26. The van der Waals surface area contributed by atoms with Gasteiger partial charge in [-0.1, -0.05) is 18.7 Å². The number of esters is 1. The van der Waals surface area contributed by atoms with E-state index in [2.05, 4.69) is 15.0 Å². The molecular weight excluding hydrogens is 504 g/mol. The Labute approximate surface area is 211 Å². The van der Waals surface area contributed by atoms with Gasteiger partial charge in [-0.2, -0.15) is 0 Å². The summed E-state index contributed by atoms with van der Waals surface area (Å²) >= 11 is 0.907. The molecule has 1 aliphatic rings. The van der Waals surface area contributed by atoms with Crippen LogP contribution in [0.1, 0.15) is 52.4 Å². The molecule has 1 unspecified atom stereocenters. The van der Waals surface area contributed by atoms with E-state index in [0.29, 0.717) is 32.2 Å². The van der Waals surface area contributed by atoms with E-state index in [-0.39, 0.29) is 55.3 Å². The molecule has 0 spiro atoms. The van der Waals surface area contributed by atoms with Crippen molar-refractivity contribution in [2.45, 2.75) is 64.5 Å². The topological polar surface area (TPSA) is 198 Å². The molecule has 0 aromatic rings. The van der Waals surface area contributed by atoms with E-state index in [0.717, 1.165) is 11.8 Å². The van der Waals surface area contributed by atoms with Gasteiger partial charge in [0.15, 0.2) is 0 Å². The first kappa shape index (κ1) is 30.9. The molecule has 0 aliphatic carbocycles. The van der Waals surface area contributed by atoms with E-state index in [9.17, 15) is 39.4 Å². The summed E-state index contributed by atoms with van der Waals surface area (Å²) in [5, 5.41) is 20.6. The summed E-state index contributed by atoms with van der Waals surface area (Å²) in [6, 6.07) is -1.53. The molecule has 15 nitrogen and oxygen atoms in total. The molecule has 16 heteroatoms. The van der Waals surface area contributed by atoms with E-state index in [1.54, 1.807) is 6.92 Å². The SMILES string of the molecule is CC(NC(=O)CCCCO[N+](=O)[O-])C(=O)SC[C@@H](C)C(=O)N1CCC[C@H]1C(=O)OCCCO[N+](=O)[O-]. The highest BCUT2D eigenvalue weighted by Gasteiger charge is 2.37. The van der Waals surface area contributed by atoms with Crippen molar-refractivity contribution in [3.63, 3.8) is 0 Å². The molecule has 36 heavy (non-hydrogen) atoms. The van der Waals surface area contributed by atoms with E-state index >= 15 is 0 Å². The summed E-state index contributed by atoms with van der Waals surface area (Å²) < 4.78 is 5.11. The van der Waals surface area contributed by atoms with Crippen LogP contribution in [0.5, 0.6) is 0 Å². The van der Waals surface area contributed by atoms with E-state index < -0.39 is 34.1 Å². The summed E-state index contributed by atoms with van der Waals surface area (Å²) in [6.45, 7) is 3.18. The minimum Gasteiger partial charge on any atom is -0.464 e. The first-order chi connectivity index (χ1) is 17.0. The van der Waals surface area contributed by atoms with Crippen LogP contribution in [0.2, 0.25) is 0 Å². The van der Waals surface area contributed by atoms with E-state index in [4.69, 9.17) is 4.74 Å². The molecule has 0 radical (unpaired) electrons. The van der Waals surface area contributed by atoms with Gasteiger partial charge in [0, 0.05) is 31.1 Å².